The third kappa shape index (κ3) is 6.17. The van der Waals surface area contributed by atoms with E-state index in [4.69, 9.17) is 23.7 Å². The van der Waals surface area contributed by atoms with E-state index in [1.807, 2.05) is 6.07 Å². The van der Waals surface area contributed by atoms with E-state index < -0.39 is 11.9 Å². The molecule has 0 heterocycles. The van der Waals surface area contributed by atoms with Crippen molar-refractivity contribution >= 4 is 18.0 Å². The summed E-state index contributed by atoms with van der Waals surface area (Å²) >= 11 is 0. The van der Waals surface area contributed by atoms with Gasteiger partial charge in [0, 0.05) is 6.04 Å². The van der Waals surface area contributed by atoms with Gasteiger partial charge in [0.2, 0.25) is 5.75 Å². The smallest absolute Gasteiger partial charge is 0.343 e. The first kappa shape index (κ1) is 25.1. The van der Waals surface area contributed by atoms with Crippen LogP contribution in [0.5, 0.6) is 28.7 Å². The molecule has 2 aromatic carbocycles. The molecule has 9 nitrogen and oxygen atoms in total. The van der Waals surface area contributed by atoms with Crippen LogP contribution in [0.3, 0.4) is 0 Å². The van der Waals surface area contributed by atoms with Crippen molar-refractivity contribution in [2.45, 2.75) is 19.9 Å². The van der Waals surface area contributed by atoms with Crippen molar-refractivity contribution in [1.82, 2.24) is 5.32 Å². The molecule has 33 heavy (non-hydrogen) atoms. The van der Waals surface area contributed by atoms with Gasteiger partial charge in [-0.15, -0.1) is 0 Å². The Morgan fingerprint density at radius 1 is 0.909 bits per heavy atom. The number of hydrogen-bond acceptors (Lipinski definition) is 8. The second-order valence-electron chi connectivity index (χ2n) is 7.01. The number of nitriles is 1. The quantitative estimate of drug-likeness (QED) is 0.265. The predicted octanol–water partition coefficient (Wildman–Crippen LogP) is 3.37. The Labute approximate surface area is 192 Å². The number of hydrogen-bond donors (Lipinski definition) is 1. The van der Waals surface area contributed by atoms with E-state index in [2.05, 4.69) is 5.32 Å². The van der Waals surface area contributed by atoms with Gasteiger partial charge < -0.3 is 29.0 Å². The highest BCUT2D eigenvalue weighted by molar-refractivity contribution is 6.01. The molecule has 1 N–H and O–H groups in total. The molecule has 0 spiro atoms. The number of methoxy groups -OCH3 is 4. The van der Waals surface area contributed by atoms with Crippen LogP contribution in [-0.4, -0.2) is 46.4 Å². The SMILES string of the molecule is COc1cc(/C=C(\C#N)C(=O)NC(C)C)ccc1OC(=O)c1cc(OC)c(OC)c(OC)c1. The molecule has 0 atom stereocenters. The number of carbonyl (C=O) groups excluding carboxylic acids is 2. The molecule has 0 bridgehead atoms. The summed E-state index contributed by atoms with van der Waals surface area (Å²) in [7, 11) is 5.76. The molecular formula is C24H26N2O7. The zero-order valence-electron chi connectivity index (χ0n) is 19.3. The van der Waals surface area contributed by atoms with E-state index in [0.29, 0.717) is 22.8 Å². The molecule has 0 saturated carbocycles. The van der Waals surface area contributed by atoms with Gasteiger partial charge in [-0.1, -0.05) is 6.07 Å². The molecule has 9 heteroatoms. The van der Waals surface area contributed by atoms with Gasteiger partial charge >= 0.3 is 5.97 Å². The first-order valence-electron chi connectivity index (χ1n) is 9.90. The van der Waals surface area contributed by atoms with Crippen LogP contribution in [0.4, 0.5) is 0 Å². The van der Waals surface area contributed by atoms with Crippen LogP contribution < -0.4 is 29.0 Å². The number of esters is 1. The molecule has 0 aromatic heterocycles. The summed E-state index contributed by atoms with van der Waals surface area (Å²) in [5.74, 6) is 0.193. The summed E-state index contributed by atoms with van der Waals surface area (Å²) in [5, 5.41) is 12.0. The molecule has 0 aliphatic carbocycles. The number of carbonyl (C=O) groups is 2. The molecule has 0 fully saturated rings. The predicted molar refractivity (Wildman–Crippen MR) is 121 cm³/mol. The monoisotopic (exact) mass is 454 g/mol. The summed E-state index contributed by atoms with van der Waals surface area (Å²) in [4.78, 5) is 24.9. The van der Waals surface area contributed by atoms with Crippen LogP contribution in [0.1, 0.15) is 29.8 Å². The normalized spacial score (nSPS) is 10.8. The molecule has 0 radical (unpaired) electrons. The standard InChI is InChI=1S/C24H26N2O7/c1-14(2)26-23(27)17(13-25)9-15-7-8-18(19(10-15)29-3)33-24(28)16-11-20(30-4)22(32-6)21(12-16)31-5/h7-12,14H,1-6H3,(H,26,27)/b17-9+. The van der Waals surface area contributed by atoms with Gasteiger partial charge in [-0.2, -0.15) is 5.26 Å². The maximum Gasteiger partial charge on any atom is 0.343 e. The minimum Gasteiger partial charge on any atom is -0.493 e. The van der Waals surface area contributed by atoms with E-state index in [1.165, 1.54) is 52.7 Å². The lowest BCUT2D eigenvalue weighted by molar-refractivity contribution is -0.117. The van der Waals surface area contributed by atoms with Crippen molar-refractivity contribution in [1.29, 1.82) is 5.26 Å². The largest absolute Gasteiger partial charge is 0.493 e. The van der Waals surface area contributed by atoms with Crippen molar-refractivity contribution in [2.24, 2.45) is 0 Å². The van der Waals surface area contributed by atoms with Crippen LogP contribution in [0.25, 0.3) is 6.08 Å². The maximum absolute atomic E-state index is 12.8. The zero-order valence-corrected chi connectivity index (χ0v) is 19.3. The Morgan fingerprint density at radius 2 is 1.52 bits per heavy atom. The van der Waals surface area contributed by atoms with E-state index in [9.17, 15) is 14.9 Å². The lowest BCUT2D eigenvalue weighted by atomic mass is 10.1. The average molecular weight is 454 g/mol. The average Bonchev–Trinajstić information content (AvgIpc) is 2.81. The zero-order chi connectivity index (χ0) is 24.5. The van der Waals surface area contributed by atoms with Gasteiger partial charge in [0.15, 0.2) is 23.0 Å². The molecule has 0 unspecified atom stereocenters. The fraction of sp³-hybridized carbons (Fsp3) is 0.292. The highest BCUT2D eigenvalue weighted by Crippen LogP contribution is 2.39. The Morgan fingerprint density at radius 3 is 2.00 bits per heavy atom. The van der Waals surface area contributed by atoms with Crippen molar-refractivity contribution in [2.75, 3.05) is 28.4 Å². The Hall–Kier alpha value is -4.19. The van der Waals surface area contributed by atoms with E-state index in [-0.39, 0.29) is 28.7 Å². The van der Waals surface area contributed by atoms with E-state index >= 15 is 0 Å². The third-order valence-electron chi connectivity index (χ3n) is 4.39. The van der Waals surface area contributed by atoms with Crippen molar-refractivity contribution in [3.05, 3.63) is 47.0 Å². The Balaban J connectivity index is 2.34. The molecule has 0 aliphatic heterocycles. The number of rotatable bonds is 9. The Kier molecular flexibility index (Phi) is 8.69. The van der Waals surface area contributed by atoms with E-state index in [0.717, 1.165) is 0 Å². The first-order chi connectivity index (χ1) is 15.8. The van der Waals surface area contributed by atoms with Gasteiger partial charge in [-0.05, 0) is 49.8 Å². The van der Waals surface area contributed by atoms with Gasteiger partial charge in [-0.25, -0.2) is 4.79 Å². The summed E-state index contributed by atoms with van der Waals surface area (Å²) in [6, 6.07) is 9.38. The number of ether oxygens (including phenoxy) is 5. The number of amides is 1. The third-order valence-corrected chi connectivity index (χ3v) is 4.39. The first-order valence-corrected chi connectivity index (χ1v) is 9.90. The maximum atomic E-state index is 12.8. The number of nitrogens with one attached hydrogen (secondary N) is 1. The fourth-order valence-corrected chi connectivity index (χ4v) is 2.87. The van der Waals surface area contributed by atoms with Crippen molar-refractivity contribution < 1.29 is 33.3 Å². The van der Waals surface area contributed by atoms with Crippen molar-refractivity contribution in [3.8, 4) is 34.8 Å². The van der Waals surface area contributed by atoms with Crippen molar-refractivity contribution in [3.63, 3.8) is 0 Å². The minimum atomic E-state index is -0.676. The summed E-state index contributed by atoms with van der Waals surface area (Å²) in [6.07, 6.45) is 1.42. The van der Waals surface area contributed by atoms with Crippen LogP contribution in [0.2, 0.25) is 0 Å². The second kappa shape index (κ2) is 11.4. The van der Waals surface area contributed by atoms with Gasteiger partial charge in [0.25, 0.3) is 5.91 Å². The molecule has 174 valence electrons. The second-order valence-corrected chi connectivity index (χ2v) is 7.01. The molecule has 0 saturated heterocycles. The minimum absolute atomic E-state index is 0.0621. The number of nitrogens with zero attached hydrogens (tertiary/aromatic N) is 1. The highest BCUT2D eigenvalue weighted by atomic mass is 16.6. The van der Waals surface area contributed by atoms with Gasteiger partial charge in [0.05, 0.1) is 34.0 Å². The van der Waals surface area contributed by atoms with Crippen LogP contribution >= 0.6 is 0 Å². The van der Waals surface area contributed by atoms with Crippen LogP contribution in [0.15, 0.2) is 35.9 Å². The molecule has 2 rings (SSSR count). The molecule has 2 aromatic rings. The lowest BCUT2D eigenvalue weighted by Gasteiger charge is -2.14. The fourth-order valence-electron chi connectivity index (χ4n) is 2.87. The van der Waals surface area contributed by atoms with E-state index in [1.54, 1.807) is 26.0 Å². The van der Waals surface area contributed by atoms with Gasteiger partial charge in [-0.3, -0.25) is 4.79 Å². The Bertz CT molecular complexity index is 1080. The summed E-state index contributed by atoms with van der Waals surface area (Å²) < 4.78 is 26.6. The molecule has 1 amide bonds. The molecule has 0 aliphatic rings. The topological polar surface area (TPSA) is 116 Å². The summed E-state index contributed by atoms with van der Waals surface area (Å²) in [6.45, 7) is 3.60. The summed E-state index contributed by atoms with van der Waals surface area (Å²) in [5.41, 5.74) is 0.635. The highest BCUT2D eigenvalue weighted by Gasteiger charge is 2.20. The lowest BCUT2D eigenvalue weighted by Crippen LogP contribution is -2.30. The molecular weight excluding hydrogens is 428 g/mol. The van der Waals surface area contributed by atoms with Gasteiger partial charge in [0.1, 0.15) is 11.6 Å². The number of benzene rings is 2. The van der Waals surface area contributed by atoms with Crippen LogP contribution in [0, 0.1) is 11.3 Å². The van der Waals surface area contributed by atoms with Crippen LogP contribution in [-0.2, 0) is 4.79 Å².